The van der Waals surface area contributed by atoms with Gasteiger partial charge in [-0.1, -0.05) is 11.6 Å². The summed E-state index contributed by atoms with van der Waals surface area (Å²) < 4.78 is 5.58. The first-order valence-electron chi connectivity index (χ1n) is 6.77. The molecule has 0 spiro atoms. The van der Waals surface area contributed by atoms with E-state index in [4.69, 9.17) is 4.74 Å². The highest BCUT2D eigenvalue weighted by atomic mass is 16.5. The van der Waals surface area contributed by atoms with Crippen LogP contribution < -0.4 is 4.74 Å². The van der Waals surface area contributed by atoms with Crippen molar-refractivity contribution in [3.8, 4) is 5.75 Å². The molecule has 0 unspecified atom stereocenters. The van der Waals surface area contributed by atoms with Gasteiger partial charge in [-0.25, -0.2) is 0 Å². The molecule has 0 saturated carbocycles. The molecule has 1 aliphatic heterocycles. The minimum atomic E-state index is -0.600. The Labute approximate surface area is 114 Å². The van der Waals surface area contributed by atoms with E-state index in [9.17, 15) is 9.90 Å². The molecule has 1 heterocycles. The van der Waals surface area contributed by atoms with Crippen LogP contribution in [0.25, 0.3) is 0 Å². The average Bonchev–Trinajstić information content (AvgIpc) is 2.90. The number of hydrogen-bond acceptors (Lipinski definition) is 3. The maximum atomic E-state index is 11.9. The van der Waals surface area contributed by atoms with E-state index >= 15 is 0 Å². The lowest BCUT2D eigenvalue weighted by Gasteiger charge is -2.18. The molecule has 19 heavy (non-hydrogen) atoms. The third-order valence-electron chi connectivity index (χ3n) is 3.43. The Morgan fingerprint density at radius 2 is 2.11 bits per heavy atom. The summed E-state index contributed by atoms with van der Waals surface area (Å²) in [4.78, 5) is 13.7. The maximum Gasteiger partial charge on any atom is 0.260 e. The molecule has 4 nitrogen and oxygen atoms in total. The van der Waals surface area contributed by atoms with Crippen molar-refractivity contribution in [3.63, 3.8) is 0 Å². The number of aliphatic hydroxyl groups excluding tert-OH is 1. The van der Waals surface area contributed by atoms with E-state index in [1.807, 2.05) is 30.0 Å². The van der Waals surface area contributed by atoms with E-state index < -0.39 is 6.10 Å². The van der Waals surface area contributed by atoms with Crippen molar-refractivity contribution in [3.05, 3.63) is 29.3 Å². The van der Waals surface area contributed by atoms with Crippen LogP contribution in [-0.4, -0.2) is 35.6 Å². The van der Waals surface area contributed by atoms with Gasteiger partial charge in [-0.2, -0.15) is 0 Å². The number of carbonyl (C=O) groups excluding carboxylic acids is 1. The minimum Gasteiger partial charge on any atom is -0.483 e. The fourth-order valence-electron chi connectivity index (χ4n) is 2.32. The molecule has 1 saturated heterocycles. The second-order valence-corrected chi connectivity index (χ2v) is 5.09. The van der Waals surface area contributed by atoms with Gasteiger partial charge in [-0.15, -0.1) is 0 Å². The smallest absolute Gasteiger partial charge is 0.260 e. The Kier molecular flexibility index (Phi) is 4.43. The monoisotopic (exact) mass is 263 g/mol. The number of nitrogens with zero attached hydrogens (tertiary/aromatic N) is 1. The van der Waals surface area contributed by atoms with Gasteiger partial charge in [0, 0.05) is 18.7 Å². The largest absolute Gasteiger partial charge is 0.483 e. The van der Waals surface area contributed by atoms with Crippen LogP contribution in [0.3, 0.4) is 0 Å². The molecule has 104 valence electrons. The summed E-state index contributed by atoms with van der Waals surface area (Å²) in [5.41, 5.74) is 1.79. The zero-order valence-corrected chi connectivity index (χ0v) is 11.6. The molecule has 1 atom stereocenters. The summed E-state index contributed by atoms with van der Waals surface area (Å²) >= 11 is 0. The lowest BCUT2D eigenvalue weighted by molar-refractivity contribution is -0.132. The van der Waals surface area contributed by atoms with Crippen molar-refractivity contribution < 1.29 is 14.6 Å². The number of rotatable bonds is 4. The number of likely N-dealkylation sites (tertiary alicyclic amines) is 1. The topological polar surface area (TPSA) is 49.8 Å². The molecule has 1 aromatic rings. The SMILES string of the molecule is Cc1ccc(OCC(=O)N2CCCC2)c([C@H](C)O)c1. The van der Waals surface area contributed by atoms with Crippen LogP contribution >= 0.6 is 0 Å². The first kappa shape index (κ1) is 13.9. The Morgan fingerprint density at radius 3 is 2.74 bits per heavy atom. The van der Waals surface area contributed by atoms with Gasteiger partial charge >= 0.3 is 0 Å². The van der Waals surface area contributed by atoms with Crippen LogP contribution in [0.15, 0.2) is 18.2 Å². The second-order valence-electron chi connectivity index (χ2n) is 5.09. The van der Waals surface area contributed by atoms with Crippen molar-refractivity contribution in [2.45, 2.75) is 32.8 Å². The zero-order valence-electron chi connectivity index (χ0n) is 11.6. The number of hydrogen-bond donors (Lipinski definition) is 1. The number of aryl methyl sites for hydroxylation is 1. The highest BCUT2D eigenvalue weighted by Gasteiger charge is 2.19. The highest BCUT2D eigenvalue weighted by molar-refractivity contribution is 5.78. The summed E-state index contributed by atoms with van der Waals surface area (Å²) in [5, 5.41) is 9.73. The van der Waals surface area contributed by atoms with Crippen molar-refractivity contribution in [1.82, 2.24) is 4.90 Å². The molecule has 1 aliphatic rings. The first-order valence-corrected chi connectivity index (χ1v) is 6.77. The Balaban J connectivity index is 2.00. The third-order valence-corrected chi connectivity index (χ3v) is 3.43. The standard InChI is InChI=1S/C15H21NO3/c1-11-5-6-14(13(9-11)12(2)17)19-10-15(18)16-7-3-4-8-16/h5-6,9,12,17H,3-4,7-8,10H2,1-2H3/t12-/m0/s1. The van der Waals surface area contributed by atoms with Gasteiger partial charge in [-0.3, -0.25) is 4.79 Å². The van der Waals surface area contributed by atoms with Crippen LogP contribution in [0.2, 0.25) is 0 Å². The molecule has 0 aromatic heterocycles. The zero-order chi connectivity index (χ0) is 13.8. The predicted octanol–water partition coefficient (Wildman–Crippen LogP) is 2.05. The van der Waals surface area contributed by atoms with E-state index in [1.54, 1.807) is 6.92 Å². The quantitative estimate of drug-likeness (QED) is 0.904. The number of aliphatic hydroxyl groups is 1. The average molecular weight is 263 g/mol. The van der Waals surface area contributed by atoms with Gasteiger partial charge in [0.05, 0.1) is 6.10 Å². The molecule has 1 N–H and O–H groups in total. The summed E-state index contributed by atoms with van der Waals surface area (Å²) in [5.74, 6) is 0.614. The molecule has 0 radical (unpaired) electrons. The van der Waals surface area contributed by atoms with Gasteiger partial charge in [0.2, 0.25) is 0 Å². The van der Waals surface area contributed by atoms with Gasteiger partial charge in [-0.05, 0) is 38.8 Å². The lowest BCUT2D eigenvalue weighted by Crippen LogP contribution is -2.32. The first-order chi connectivity index (χ1) is 9.08. The van der Waals surface area contributed by atoms with Crippen LogP contribution in [0.1, 0.15) is 37.0 Å². The highest BCUT2D eigenvalue weighted by Crippen LogP contribution is 2.26. The van der Waals surface area contributed by atoms with Crippen LogP contribution in [0.5, 0.6) is 5.75 Å². The summed E-state index contributed by atoms with van der Waals surface area (Å²) in [6, 6.07) is 5.62. The van der Waals surface area contributed by atoms with Gasteiger partial charge < -0.3 is 14.7 Å². The van der Waals surface area contributed by atoms with Crippen LogP contribution in [-0.2, 0) is 4.79 Å². The Bertz CT molecular complexity index is 451. The van der Waals surface area contributed by atoms with E-state index in [0.29, 0.717) is 5.75 Å². The van der Waals surface area contributed by atoms with Gasteiger partial charge in [0.25, 0.3) is 5.91 Å². The second kappa shape index (κ2) is 6.06. The number of carbonyl (C=O) groups is 1. The normalized spacial score (nSPS) is 16.5. The Hall–Kier alpha value is -1.55. The maximum absolute atomic E-state index is 11.9. The summed E-state index contributed by atoms with van der Waals surface area (Å²) in [6.07, 6.45) is 1.56. The molecule has 1 amide bonds. The van der Waals surface area contributed by atoms with E-state index in [-0.39, 0.29) is 12.5 Å². The molecular formula is C15H21NO3. The van der Waals surface area contributed by atoms with Crippen molar-refractivity contribution in [2.24, 2.45) is 0 Å². The lowest BCUT2D eigenvalue weighted by atomic mass is 10.1. The number of benzene rings is 1. The molecule has 1 aromatic carbocycles. The van der Waals surface area contributed by atoms with Gasteiger partial charge in [0.15, 0.2) is 6.61 Å². The Morgan fingerprint density at radius 1 is 1.42 bits per heavy atom. The predicted molar refractivity (Wildman–Crippen MR) is 73.1 cm³/mol. The van der Waals surface area contributed by atoms with E-state index in [0.717, 1.165) is 37.1 Å². The molecular weight excluding hydrogens is 242 g/mol. The summed E-state index contributed by atoms with van der Waals surface area (Å²) in [6.45, 7) is 5.37. The fraction of sp³-hybridized carbons (Fsp3) is 0.533. The number of ether oxygens (including phenoxy) is 1. The third kappa shape index (κ3) is 3.47. The molecule has 4 heteroatoms. The van der Waals surface area contributed by atoms with Crippen LogP contribution in [0.4, 0.5) is 0 Å². The van der Waals surface area contributed by atoms with Crippen molar-refractivity contribution >= 4 is 5.91 Å². The fourth-order valence-corrected chi connectivity index (χ4v) is 2.32. The van der Waals surface area contributed by atoms with E-state index in [1.165, 1.54) is 0 Å². The molecule has 0 aliphatic carbocycles. The molecule has 2 rings (SSSR count). The number of amides is 1. The van der Waals surface area contributed by atoms with Crippen molar-refractivity contribution in [1.29, 1.82) is 0 Å². The molecule has 0 bridgehead atoms. The summed E-state index contributed by atoms with van der Waals surface area (Å²) in [7, 11) is 0. The van der Waals surface area contributed by atoms with Crippen molar-refractivity contribution in [2.75, 3.05) is 19.7 Å². The molecule has 1 fully saturated rings. The minimum absolute atomic E-state index is 0.0228. The van der Waals surface area contributed by atoms with E-state index in [2.05, 4.69) is 0 Å². The van der Waals surface area contributed by atoms with Crippen LogP contribution in [0, 0.1) is 6.92 Å². The van der Waals surface area contributed by atoms with Gasteiger partial charge in [0.1, 0.15) is 5.75 Å².